The van der Waals surface area contributed by atoms with Crippen LogP contribution in [0, 0.1) is 5.92 Å². The van der Waals surface area contributed by atoms with Gasteiger partial charge >= 0.3 is 12.1 Å². The second-order valence-electron chi connectivity index (χ2n) is 12.1. The van der Waals surface area contributed by atoms with Gasteiger partial charge in [0.25, 0.3) is 0 Å². The highest BCUT2D eigenvalue weighted by Crippen LogP contribution is 2.63. The number of esters is 1. The van der Waals surface area contributed by atoms with Crippen LogP contribution in [0.25, 0.3) is 11.1 Å². The molecule has 1 aliphatic carbocycles. The van der Waals surface area contributed by atoms with Gasteiger partial charge in [0.05, 0.1) is 24.2 Å². The number of ether oxygens (including phenoxy) is 3. The Morgan fingerprint density at radius 1 is 0.711 bits per heavy atom. The van der Waals surface area contributed by atoms with Gasteiger partial charge < -0.3 is 14.2 Å². The van der Waals surface area contributed by atoms with Crippen molar-refractivity contribution in [2.24, 2.45) is 5.92 Å². The van der Waals surface area contributed by atoms with Crippen molar-refractivity contribution in [2.75, 3.05) is 19.8 Å². The summed E-state index contributed by atoms with van der Waals surface area (Å²) >= 11 is 0. The first-order valence-electron chi connectivity index (χ1n) is 16.6. The maximum atomic E-state index is 14.2. The largest absolute Gasteiger partial charge is 0.494 e. The highest BCUT2D eigenvalue weighted by atomic mass is 19.4. The smallest absolute Gasteiger partial charge is 0.398 e. The summed E-state index contributed by atoms with van der Waals surface area (Å²) in [6, 6.07) is 20.7. The molecule has 2 unspecified atom stereocenters. The highest BCUT2D eigenvalue weighted by molar-refractivity contribution is 5.91. The molecule has 0 heterocycles. The molecule has 1 fully saturated rings. The molecule has 0 aliphatic heterocycles. The first-order valence-corrected chi connectivity index (χ1v) is 16.6. The lowest BCUT2D eigenvalue weighted by molar-refractivity contribution is -0.166. The SMILES string of the molecule is CCCCCCCCOc1ccc(-c2ccc(C(=O)Oc3ccc(C4(C(F)(F)F)CC4COCCCCCC)cc3)cc2)cc1. The molecule has 3 aromatic rings. The molecular formula is C38H47F3O4. The van der Waals surface area contributed by atoms with Crippen LogP contribution in [-0.4, -0.2) is 32.0 Å². The van der Waals surface area contributed by atoms with E-state index in [1.165, 1.54) is 56.4 Å². The molecule has 0 aromatic heterocycles. The molecule has 4 nitrogen and oxygen atoms in total. The third kappa shape index (κ3) is 9.59. The van der Waals surface area contributed by atoms with Crippen LogP contribution in [0.2, 0.25) is 0 Å². The molecule has 7 heteroatoms. The van der Waals surface area contributed by atoms with Crippen LogP contribution in [0.5, 0.6) is 11.5 Å². The van der Waals surface area contributed by atoms with Gasteiger partial charge in [-0.25, -0.2) is 4.79 Å². The molecule has 0 radical (unpaired) electrons. The molecule has 0 amide bonds. The van der Waals surface area contributed by atoms with Gasteiger partial charge in [0, 0.05) is 12.5 Å². The van der Waals surface area contributed by atoms with E-state index < -0.39 is 23.5 Å². The van der Waals surface area contributed by atoms with Gasteiger partial charge in [0.1, 0.15) is 11.5 Å². The molecule has 0 spiro atoms. The van der Waals surface area contributed by atoms with E-state index in [1.807, 2.05) is 36.4 Å². The number of rotatable bonds is 19. The van der Waals surface area contributed by atoms with Crippen molar-refractivity contribution in [3.63, 3.8) is 0 Å². The van der Waals surface area contributed by atoms with E-state index in [9.17, 15) is 18.0 Å². The second kappa shape index (κ2) is 16.8. The normalized spacial score (nSPS) is 17.7. The molecule has 1 aliphatic rings. The third-order valence-corrected chi connectivity index (χ3v) is 8.73. The quantitative estimate of drug-likeness (QED) is 0.0756. The van der Waals surface area contributed by atoms with E-state index in [0.717, 1.165) is 49.0 Å². The van der Waals surface area contributed by atoms with Gasteiger partial charge in [0.15, 0.2) is 0 Å². The number of alkyl halides is 3. The minimum absolute atomic E-state index is 0.00584. The van der Waals surface area contributed by atoms with Gasteiger partial charge in [-0.05, 0) is 72.4 Å². The van der Waals surface area contributed by atoms with Crippen molar-refractivity contribution < 1.29 is 32.2 Å². The lowest BCUT2D eigenvalue weighted by Crippen LogP contribution is -2.32. The van der Waals surface area contributed by atoms with Crippen LogP contribution in [0.15, 0.2) is 72.8 Å². The van der Waals surface area contributed by atoms with Crippen LogP contribution in [0.3, 0.4) is 0 Å². The molecule has 0 saturated heterocycles. The van der Waals surface area contributed by atoms with E-state index in [0.29, 0.717) is 18.8 Å². The number of carbonyl (C=O) groups is 1. The van der Waals surface area contributed by atoms with Crippen molar-refractivity contribution >= 4 is 5.97 Å². The second-order valence-corrected chi connectivity index (χ2v) is 12.1. The summed E-state index contributed by atoms with van der Waals surface area (Å²) in [5, 5.41) is 0. The summed E-state index contributed by atoms with van der Waals surface area (Å²) < 4.78 is 59.5. The minimum atomic E-state index is -4.38. The average Bonchev–Trinajstić information content (AvgIpc) is 3.79. The fourth-order valence-electron chi connectivity index (χ4n) is 5.85. The zero-order valence-electron chi connectivity index (χ0n) is 26.7. The predicted octanol–water partition coefficient (Wildman–Crippen LogP) is 10.7. The number of halogens is 3. The molecule has 0 bridgehead atoms. The molecule has 244 valence electrons. The van der Waals surface area contributed by atoms with Crippen molar-refractivity contribution in [1.29, 1.82) is 0 Å². The number of hydrogen-bond donors (Lipinski definition) is 0. The van der Waals surface area contributed by atoms with Gasteiger partial charge in [-0.15, -0.1) is 0 Å². The van der Waals surface area contributed by atoms with Crippen LogP contribution in [-0.2, 0) is 10.2 Å². The van der Waals surface area contributed by atoms with Gasteiger partial charge in [0.2, 0.25) is 0 Å². The van der Waals surface area contributed by atoms with E-state index in [2.05, 4.69) is 13.8 Å². The minimum Gasteiger partial charge on any atom is -0.494 e. The van der Waals surface area contributed by atoms with Crippen molar-refractivity contribution in [3.8, 4) is 22.6 Å². The van der Waals surface area contributed by atoms with E-state index in [4.69, 9.17) is 14.2 Å². The number of benzene rings is 3. The fraction of sp³-hybridized carbons (Fsp3) is 0.500. The first kappa shape index (κ1) is 34.6. The Morgan fingerprint density at radius 2 is 1.24 bits per heavy atom. The van der Waals surface area contributed by atoms with Crippen LogP contribution in [0.1, 0.15) is 100 Å². The van der Waals surface area contributed by atoms with Crippen molar-refractivity contribution in [1.82, 2.24) is 0 Å². The Morgan fingerprint density at radius 3 is 1.87 bits per heavy atom. The van der Waals surface area contributed by atoms with Crippen molar-refractivity contribution in [3.05, 3.63) is 83.9 Å². The molecule has 1 saturated carbocycles. The molecule has 3 aromatic carbocycles. The van der Waals surface area contributed by atoms with E-state index >= 15 is 0 Å². The first-order chi connectivity index (χ1) is 21.8. The zero-order valence-corrected chi connectivity index (χ0v) is 26.7. The summed E-state index contributed by atoms with van der Waals surface area (Å²) in [4.78, 5) is 12.8. The molecule has 0 N–H and O–H groups in total. The summed E-state index contributed by atoms with van der Waals surface area (Å²) in [7, 11) is 0. The van der Waals surface area contributed by atoms with Gasteiger partial charge in [-0.3, -0.25) is 0 Å². The van der Waals surface area contributed by atoms with E-state index in [1.54, 1.807) is 12.1 Å². The zero-order chi connectivity index (χ0) is 32.1. The monoisotopic (exact) mass is 624 g/mol. The number of unbranched alkanes of at least 4 members (excludes halogenated alkanes) is 8. The van der Waals surface area contributed by atoms with Crippen molar-refractivity contribution in [2.45, 2.75) is 96.1 Å². The summed E-state index contributed by atoms with van der Waals surface area (Å²) in [5.41, 5.74) is 0.563. The Labute approximate surface area is 266 Å². The standard InChI is InChI=1S/C38H47F3O4/c1-3-5-7-9-10-12-26-44-34-21-17-30(18-22-34)29-13-15-31(16-14-29)36(42)45-35-23-19-32(20-24-35)37(38(39,40)41)27-33(37)28-43-25-11-8-6-4-2/h13-24,33H,3-12,25-28H2,1-2H3. The Bertz CT molecular complexity index is 1300. The maximum absolute atomic E-state index is 14.2. The van der Waals surface area contributed by atoms with Gasteiger partial charge in [-0.1, -0.05) is 102 Å². The highest BCUT2D eigenvalue weighted by Gasteiger charge is 2.71. The van der Waals surface area contributed by atoms with Gasteiger partial charge in [-0.2, -0.15) is 13.2 Å². The fourth-order valence-corrected chi connectivity index (χ4v) is 5.85. The van der Waals surface area contributed by atoms with Crippen LogP contribution < -0.4 is 9.47 Å². The van der Waals surface area contributed by atoms with E-state index in [-0.39, 0.29) is 24.3 Å². The lowest BCUT2D eigenvalue weighted by Gasteiger charge is -2.22. The summed E-state index contributed by atoms with van der Waals surface area (Å²) in [5.74, 6) is -0.141. The Kier molecular flexibility index (Phi) is 12.9. The maximum Gasteiger partial charge on any atom is 0.398 e. The topological polar surface area (TPSA) is 44.8 Å². The molecule has 2 atom stereocenters. The Hall–Kier alpha value is -3.32. The number of hydrogen-bond acceptors (Lipinski definition) is 4. The lowest BCUT2D eigenvalue weighted by atomic mass is 9.92. The predicted molar refractivity (Wildman–Crippen MR) is 173 cm³/mol. The van der Waals surface area contributed by atoms with Crippen LogP contribution >= 0.6 is 0 Å². The average molecular weight is 625 g/mol. The summed E-state index contributed by atoms with van der Waals surface area (Å²) in [6.07, 6.45) is 7.04. The Balaban J connectivity index is 1.27. The summed E-state index contributed by atoms with van der Waals surface area (Å²) in [6.45, 7) is 5.62. The molecule has 45 heavy (non-hydrogen) atoms. The van der Waals surface area contributed by atoms with Crippen LogP contribution in [0.4, 0.5) is 13.2 Å². The molecule has 4 rings (SSSR count). The third-order valence-electron chi connectivity index (χ3n) is 8.73. The number of carbonyl (C=O) groups excluding carboxylic acids is 1. The molecular weight excluding hydrogens is 577 g/mol.